The molecule has 0 spiro atoms. The zero-order valence-corrected chi connectivity index (χ0v) is 14.8. The number of fused-ring (bicyclic) bond motifs is 1. The largest absolute Gasteiger partial charge is 0.493 e. The Labute approximate surface area is 144 Å². The van der Waals surface area contributed by atoms with Crippen LogP contribution >= 0.6 is 0 Å². The van der Waals surface area contributed by atoms with Gasteiger partial charge in [0.2, 0.25) is 0 Å². The van der Waals surface area contributed by atoms with Gasteiger partial charge in [0.25, 0.3) is 0 Å². The SMILES string of the molecule is CC(C)CN1CCC(NC(=O)N[C@@H]2CCOc3ccccc32)CC1. The summed E-state index contributed by atoms with van der Waals surface area (Å²) in [5, 5.41) is 6.28. The van der Waals surface area contributed by atoms with E-state index in [-0.39, 0.29) is 18.1 Å². The number of likely N-dealkylation sites (tertiary alicyclic amines) is 1. The molecule has 1 aromatic carbocycles. The van der Waals surface area contributed by atoms with E-state index in [1.165, 1.54) is 0 Å². The van der Waals surface area contributed by atoms with Crippen molar-refractivity contribution in [2.24, 2.45) is 5.92 Å². The second-order valence-corrected chi connectivity index (χ2v) is 7.31. The molecule has 1 atom stereocenters. The second-order valence-electron chi connectivity index (χ2n) is 7.31. The Morgan fingerprint density at radius 2 is 1.96 bits per heavy atom. The van der Waals surface area contributed by atoms with Gasteiger partial charge in [0.05, 0.1) is 12.6 Å². The Balaban J connectivity index is 1.47. The molecule has 1 aromatic rings. The molecule has 0 aromatic heterocycles. The van der Waals surface area contributed by atoms with E-state index < -0.39 is 0 Å². The van der Waals surface area contributed by atoms with Crippen molar-refractivity contribution in [2.75, 3.05) is 26.2 Å². The van der Waals surface area contributed by atoms with Crippen LogP contribution < -0.4 is 15.4 Å². The lowest BCUT2D eigenvalue weighted by Gasteiger charge is -2.34. The lowest BCUT2D eigenvalue weighted by Crippen LogP contribution is -2.49. The number of carbonyl (C=O) groups excluding carboxylic acids is 1. The number of nitrogens with one attached hydrogen (secondary N) is 2. The Hall–Kier alpha value is -1.75. The molecule has 2 N–H and O–H groups in total. The fourth-order valence-electron chi connectivity index (χ4n) is 3.65. The Morgan fingerprint density at radius 3 is 2.71 bits per heavy atom. The maximum atomic E-state index is 12.4. The first-order chi connectivity index (χ1) is 11.6. The zero-order chi connectivity index (χ0) is 16.9. The number of carbonyl (C=O) groups is 1. The molecule has 1 saturated heterocycles. The molecule has 0 aliphatic carbocycles. The monoisotopic (exact) mass is 331 g/mol. The molecule has 0 radical (unpaired) electrons. The first-order valence-electron chi connectivity index (χ1n) is 9.13. The molecular formula is C19H29N3O2. The fourth-order valence-corrected chi connectivity index (χ4v) is 3.65. The molecule has 24 heavy (non-hydrogen) atoms. The third-order valence-corrected chi connectivity index (χ3v) is 4.81. The molecule has 0 saturated carbocycles. The van der Waals surface area contributed by atoms with Gasteiger partial charge in [-0.05, 0) is 24.8 Å². The van der Waals surface area contributed by atoms with Crippen LogP contribution in [0.5, 0.6) is 5.75 Å². The van der Waals surface area contributed by atoms with E-state index in [1.54, 1.807) is 0 Å². The molecule has 1 fully saturated rings. The van der Waals surface area contributed by atoms with Crippen molar-refractivity contribution in [3.8, 4) is 5.75 Å². The van der Waals surface area contributed by atoms with Crippen LogP contribution in [-0.2, 0) is 0 Å². The summed E-state index contributed by atoms with van der Waals surface area (Å²) in [7, 11) is 0. The van der Waals surface area contributed by atoms with Crippen LogP contribution in [0.4, 0.5) is 4.79 Å². The van der Waals surface area contributed by atoms with Gasteiger partial charge >= 0.3 is 6.03 Å². The first kappa shape index (κ1) is 17.1. The van der Waals surface area contributed by atoms with Crippen molar-refractivity contribution < 1.29 is 9.53 Å². The first-order valence-corrected chi connectivity index (χ1v) is 9.13. The minimum Gasteiger partial charge on any atom is -0.493 e. The summed E-state index contributed by atoms with van der Waals surface area (Å²) < 4.78 is 5.65. The molecule has 0 unspecified atom stereocenters. The second kappa shape index (κ2) is 7.88. The standard InChI is InChI=1S/C19H29N3O2/c1-14(2)13-22-10-7-15(8-11-22)20-19(23)21-17-9-12-24-18-6-4-3-5-16(17)18/h3-6,14-15,17H,7-13H2,1-2H3,(H2,20,21,23)/t17-/m1/s1. The molecular weight excluding hydrogens is 302 g/mol. The topological polar surface area (TPSA) is 53.6 Å². The van der Waals surface area contributed by atoms with E-state index in [0.717, 1.165) is 50.2 Å². The van der Waals surface area contributed by atoms with Crippen LogP contribution in [-0.4, -0.2) is 43.2 Å². The number of hydrogen-bond acceptors (Lipinski definition) is 3. The van der Waals surface area contributed by atoms with Crippen LogP contribution in [0.2, 0.25) is 0 Å². The van der Waals surface area contributed by atoms with Gasteiger partial charge in [0.15, 0.2) is 0 Å². The van der Waals surface area contributed by atoms with Gasteiger partial charge in [-0.2, -0.15) is 0 Å². The summed E-state index contributed by atoms with van der Waals surface area (Å²) in [6.45, 7) is 8.45. The predicted octanol–water partition coefficient (Wildman–Crippen LogP) is 2.93. The summed E-state index contributed by atoms with van der Waals surface area (Å²) in [5.41, 5.74) is 1.07. The third-order valence-electron chi connectivity index (χ3n) is 4.81. The van der Waals surface area contributed by atoms with E-state index in [9.17, 15) is 4.79 Å². The van der Waals surface area contributed by atoms with E-state index >= 15 is 0 Å². The highest BCUT2D eigenvalue weighted by atomic mass is 16.5. The van der Waals surface area contributed by atoms with Gasteiger partial charge < -0.3 is 20.3 Å². The quantitative estimate of drug-likeness (QED) is 0.892. The van der Waals surface area contributed by atoms with Crippen molar-refractivity contribution >= 4 is 6.03 Å². The van der Waals surface area contributed by atoms with Crippen molar-refractivity contribution in [2.45, 2.75) is 45.2 Å². The predicted molar refractivity (Wildman–Crippen MR) is 95.3 cm³/mol. The maximum absolute atomic E-state index is 12.4. The summed E-state index contributed by atoms with van der Waals surface area (Å²) in [5.74, 6) is 1.59. The zero-order valence-electron chi connectivity index (χ0n) is 14.8. The summed E-state index contributed by atoms with van der Waals surface area (Å²) >= 11 is 0. The van der Waals surface area contributed by atoms with Crippen LogP contribution in [0.25, 0.3) is 0 Å². The van der Waals surface area contributed by atoms with Crippen LogP contribution in [0.1, 0.15) is 44.7 Å². The Kier molecular flexibility index (Phi) is 5.61. The number of rotatable bonds is 4. The summed E-state index contributed by atoms with van der Waals surface area (Å²) in [4.78, 5) is 14.9. The van der Waals surface area contributed by atoms with Crippen LogP contribution in [0, 0.1) is 5.92 Å². The number of amides is 2. The fraction of sp³-hybridized carbons (Fsp3) is 0.632. The minimum atomic E-state index is -0.0565. The number of benzene rings is 1. The van der Waals surface area contributed by atoms with Gasteiger partial charge in [-0.1, -0.05) is 32.0 Å². The molecule has 0 bridgehead atoms. The van der Waals surface area contributed by atoms with Gasteiger partial charge in [0, 0.05) is 37.7 Å². The average molecular weight is 331 g/mol. The number of urea groups is 1. The molecule has 2 heterocycles. The van der Waals surface area contributed by atoms with Crippen molar-refractivity contribution in [1.82, 2.24) is 15.5 Å². The molecule has 2 amide bonds. The Bertz CT molecular complexity index is 553. The molecule has 5 heteroatoms. The highest BCUT2D eigenvalue weighted by Crippen LogP contribution is 2.31. The molecule has 2 aliphatic heterocycles. The molecule has 3 rings (SSSR count). The van der Waals surface area contributed by atoms with Crippen LogP contribution in [0.15, 0.2) is 24.3 Å². The van der Waals surface area contributed by atoms with Crippen molar-refractivity contribution in [3.63, 3.8) is 0 Å². The average Bonchev–Trinajstić information content (AvgIpc) is 2.56. The number of ether oxygens (including phenoxy) is 1. The summed E-state index contributed by atoms with van der Waals surface area (Å²) in [6, 6.07) is 8.21. The highest BCUT2D eigenvalue weighted by Gasteiger charge is 2.25. The molecule has 5 nitrogen and oxygen atoms in total. The number of nitrogens with zero attached hydrogens (tertiary/aromatic N) is 1. The number of piperidine rings is 1. The number of hydrogen-bond donors (Lipinski definition) is 2. The van der Waals surface area contributed by atoms with Gasteiger partial charge in [-0.25, -0.2) is 4.79 Å². The van der Waals surface area contributed by atoms with E-state index in [4.69, 9.17) is 4.74 Å². The smallest absolute Gasteiger partial charge is 0.315 e. The Morgan fingerprint density at radius 1 is 1.21 bits per heavy atom. The minimum absolute atomic E-state index is 0.0379. The van der Waals surface area contributed by atoms with Crippen molar-refractivity contribution in [3.05, 3.63) is 29.8 Å². The molecule has 2 aliphatic rings. The van der Waals surface area contributed by atoms with E-state index in [0.29, 0.717) is 12.5 Å². The van der Waals surface area contributed by atoms with Crippen LogP contribution in [0.3, 0.4) is 0 Å². The number of para-hydroxylation sites is 1. The van der Waals surface area contributed by atoms with Gasteiger partial charge in [-0.3, -0.25) is 0 Å². The molecule has 132 valence electrons. The third kappa shape index (κ3) is 4.41. The normalized spacial score (nSPS) is 21.9. The van der Waals surface area contributed by atoms with Gasteiger partial charge in [-0.15, -0.1) is 0 Å². The summed E-state index contributed by atoms with van der Waals surface area (Å²) in [6.07, 6.45) is 2.88. The lowest BCUT2D eigenvalue weighted by molar-refractivity contribution is 0.176. The highest BCUT2D eigenvalue weighted by molar-refractivity contribution is 5.75. The maximum Gasteiger partial charge on any atom is 0.315 e. The van der Waals surface area contributed by atoms with E-state index in [2.05, 4.69) is 29.4 Å². The van der Waals surface area contributed by atoms with Gasteiger partial charge in [0.1, 0.15) is 5.75 Å². The lowest BCUT2D eigenvalue weighted by atomic mass is 10.0. The van der Waals surface area contributed by atoms with Crippen molar-refractivity contribution in [1.29, 1.82) is 0 Å². The van der Waals surface area contributed by atoms with E-state index in [1.807, 2.05) is 24.3 Å².